The Bertz CT molecular complexity index is 582. The standard InChI is InChI=1S/C17H20ClNO2/c1-3-8-16(21)19(2)17(12-7-6-11-15(17)20)13-9-4-5-10-14(13)18/h3-5,8-10H,6-7,11-12H2,1-2H3/b8-3+. The van der Waals surface area contributed by atoms with Crippen LogP contribution >= 0.6 is 11.6 Å². The third-order valence-corrected chi connectivity index (χ3v) is 4.52. The van der Waals surface area contributed by atoms with Crippen LogP contribution in [0, 0.1) is 0 Å². The van der Waals surface area contributed by atoms with E-state index in [1.54, 1.807) is 31.0 Å². The van der Waals surface area contributed by atoms with Gasteiger partial charge in [-0.1, -0.05) is 35.9 Å². The predicted octanol–water partition coefficient (Wildman–Crippen LogP) is 3.71. The Morgan fingerprint density at radius 1 is 1.33 bits per heavy atom. The van der Waals surface area contributed by atoms with Crippen LogP contribution in [-0.4, -0.2) is 23.6 Å². The number of allylic oxidation sites excluding steroid dienone is 1. The van der Waals surface area contributed by atoms with Gasteiger partial charge in [0.15, 0.2) is 5.78 Å². The normalized spacial score (nSPS) is 22.5. The summed E-state index contributed by atoms with van der Waals surface area (Å²) < 4.78 is 0. The third-order valence-electron chi connectivity index (χ3n) is 4.19. The van der Waals surface area contributed by atoms with E-state index in [0.717, 1.165) is 18.4 Å². The minimum Gasteiger partial charge on any atom is -0.325 e. The molecule has 0 aliphatic heterocycles. The summed E-state index contributed by atoms with van der Waals surface area (Å²) in [5.41, 5.74) is -0.204. The van der Waals surface area contributed by atoms with E-state index >= 15 is 0 Å². The fraction of sp³-hybridized carbons (Fsp3) is 0.412. The molecule has 0 radical (unpaired) electrons. The van der Waals surface area contributed by atoms with Gasteiger partial charge in [-0.2, -0.15) is 0 Å². The average molecular weight is 306 g/mol. The molecule has 21 heavy (non-hydrogen) atoms. The topological polar surface area (TPSA) is 37.4 Å². The van der Waals surface area contributed by atoms with Crippen LogP contribution in [0.2, 0.25) is 5.02 Å². The van der Waals surface area contributed by atoms with Gasteiger partial charge in [0, 0.05) is 24.1 Å². The Balaban J connectivity index is 2.57. The average Bonchev–Trinajstić information content (AvgIpc) is 2.48. The summed E-state index contributed by atoms with van der Waals surface area (Å²) in [7, 11) is 1.69. The lowest BCUT2D eigenvalue weighted by atomic mass is 9.74. The number of halogens is 1. The van der Waals surface area contributed by atoms with Gasteiger partial charge < -0.3 is 4.90 Å². The largest absolute Gasteiger partial charge is 0.325 e. The lowest BCUT2D eigenvalue weighted by Crippen LogP contribution is -2.53. The lowest BCUT2D eigenvalue weighted by Gasteiger charge is -2.43. The molecule has 1 atom stereocenters. The van der Waals surface area contributed by atoms with Gasteiger partial charge in [0.25, 0.3) is 0 Å². The minimum atomic E-state index is -0.937. The molecule has 1 aliphatic carbocycles. The molecule has 3 nitrogen and oxygen atoms in total. The molecule has 1 unspecified atom stereocenters. The molecule has 4 heteroatoms. The molecule has 1 aliphatic rings. The Morgan fingerprint density at radius 3 is 2.67 bits per heavy atom. The number of rotatable bonds is 3. The van der Waals surface area contributed by atoms with Crippen LogP contribution in [0.25, 0.3) is 0 Å². The van der Waals surface area contributed by atoms with Crippen molar-refractivity contribution in [3.63, 3.8) is 0 Å². The minimum absolute atomic E-state index is 0.0715. The number of likely N-dealkylation sites (N-methyl/N-ethyl adjacent to an activating group) is 1. The first-order valence-corrected chi connectivity index (χ1v) is 7.60. The summed E-state index contributed by atoms with van der Waals surface area (Å²) in [4.78, 5) is 26.6. The van der Waals surface area contributed by atoms with Crippen molar-refractivity contribution in [1.29, 1.82) is 0 Å². The molecule has 2 rings (SSSR count). The second-order valence-corrected chi connectivity index (χ2v) is 5.77. The second-order valence-electron chi connectivity index (χ2n) is 5.37. The van der Waals surface area contributed by atoms with E-state index in [1.807, 2.05) is 18.2 Å². The zero-order valence-electron chi connectivity index (χ0n) is 12.4. The van der Waals surface area contributed by atoms with E-state index in [2.05, 4.69) is 0 Å². The number of hydrogen-bond acceptors (Lipinski definition) is 2. The first-order chi connectivity index (χ1) is 10.0. The molecule has 0 heterocycles. The van der Waals surface area contributed by atoms with Crippen molar-refractivity contribution < 1.29 is 9.59 Å². The summed E-state index contributed by atoms with van der Waals surface area (Å²) in [6.45, 7) is 1.79. The number of ketones is 1. The Morgan fingerprint density at radius 2 is 2.05 bits per heavy atom. The fourth-order valence-electron chi connectivity index (χ4n) is 3.07. The molecule has 0 aromatic heterocycles. The molecule has 1 amide bonds. The number of nitrogens with zero attached hydrogens (tertiary/aromatic N) is 1. The monoisotopic (exact) mass is 305 g/mol. The van der Waals surface area contributed by atoms with E-state index in [0.29, 0.717) is 17.9 Å². The maximum Gasteiger partial charge on any atom is 0.247 e. The van der Waals surface area contributed by atoms with Gasteiger partial charge in [-0.05, 0) is 38.3 Å². The smallest absolute Gasteiger partial charge is 0.247 e. The predicted molar refractivity (Wildman–Crippen MR) is 84.2 cm³/mol. The zero-order valence-corrected chi connectivity index (χ0v) is 13.2. The van der Waals surface area contributed by atoms with Crippen LogP contribution in [0.4, 0.5) is 0 Å². The van der Waals surface area contributed by atoms with Crippen molar-refractivity contribution in [1.82, 2.24) is 4.90 Å². The molecule has 1 fully saturated rings. The van der Waals surface area contributed by atoms with Crippen molar-refractivity contribution in [2.75, 3.05) is 7.05 Å². The SMILES string of the molecule is C/C=C/C(=O)N(C)C1(c2ccccc2Cl)CCCCC1=O. The Hall–Kier alpha value is -1.61. The molecule has 0 bridgehead atoms. The Kier molecular flexibility index (Phi) is 4.84. The van der Waals surface area contributed by atoms with E-state index < -0.39 is 5.54 Å². The van der Waals surface area contributed by atoms with Gasteiger partial charge in [0.1, 0.15) is 5.54 Å². The molecular weight excluding hydrogens is 286 g/mol. The molecule has 112 valence electrons. The van der Waals surface area contributed by atoms with Crippen molar-refractivity contribution in [2.45, 2.75) is 38.1 Å². The van der Waals surface area contributed by atoms with E-state index in [9.17, 15) is 9.59 Å². The van der Waals surface area contributed by atoms with Crippen LogP contribution in [0.3, 0.4) is 0 Å². The molecule has 0 N–H and O–H groups in total. The van der Waals surface area contributed by atoms with Crippen LogP contribution in [0.5, 0.6) is 0 Å². The quantitative estimate of drug-likeness (QED) is 0.798. The maximum atomic E-state index is 12.7. The van der Waals surface area contributed by atoms with Crippen LogP contribution in [-0.2, 0) is 15.1 Å². The summed E-state index contributed by atoms with van der Waals surface area (Å²) in [6.07, 6.45) is 6.06. The van der Waals surface area contributed by atoms with Crippen LogP contribution in [0.15, 0.2) is 36.4 Å². The first kappa shape index (κ1) is 15.8. The van der Waals surface area contributed by atoms with Gasteiger partial charge in [0.05, 0.1) is 0 Å². The zero-order chi connectivity index (χ0) is 15.5. The van der Waals surface area contributed by atoms with Gasteiger partial charge in [-0.15, -0.1) is 0 Å². The summed E-state index contributed by atoms with van der Waals surface area (Å²) in [5.74, 6) is -0.102. The van der Waals surface area contributed by atoms with E-state index in [4.69, 9.17) is 11.6 Å². The molecule has 1 aromatic carbocycles. The highest BCUT2D eigenvalue weighted by atomic mass is 35.5. The van der Waals surface area contributed by atoms with Crippen molar-refractivity contribution in [2.24, 2.45) is 0 Å². The highest BCUT2D eigenvalue weighted by molar-refractivity contribution is 6.31. The van der Waals surface area contributed by atoms with E-state index in [1.165, 1.54) is 6.08 Å². The van der Waals surface area contributed by atoms with Crippen molar-refractivity contribution in [3.05, 3.63) is 47.0 Å². The van der Waals surface area contributed by atoms with Crippen molar-refractivity contribution in [3.8, 4) is 0 Å². The number of benzene rings is 1. The molecule has 1 saturated carbocycles. The van der Waals surface area contributed by atoms with Gasteiger partial charge in [-0.25, -0.2) is 0 Å². The van der Waals surface area contributed by atoms with Crippen molar-refractivity contribution >= 4 is 23.3 Å². The second kappa shape index (κ2) is 6.44. The Labute approximate surface area is 130 Å². The summed E-state index contributed by atoms with van der Waals surface area (Å²) in [6, 6.07) is 7.32. The number of hydrogen-bond donors (Lipinski definition) is 0. The maximum absolute atomic E-state index is 12.7. The van der Waals surface area contributed by atoms with Gasteiger partial charge >= 0.3 is 0 Å². The number of amides is 1. The van der Waals surface area contributed by atoms with Gasteiger partial charge in [-0.3, -0.25) is 9.59 Å². The number of carbonyl (C=O) groups excluding carboxylic acids is 2. The highest BCUT2D eigenvalue weighted by Gasteiger charge is 2.47. The molecular formula is C17H20ClNO2. The summed E-state index contributed by atoms with van der Waals surface area (Å²) in [5, 5.41) is 0.535. The number of carbonyl (C=O) groups is 2. The lowest BCUT2D eigenvalue weighted by molar-refractivity contribution is -0.145. The van der Waals surface area contributed by atoms with Gasteiger partial charge in [0.2, 0.25) is 5.91 Å². The summed E-state index contributed by atoms with van der Waals surface area (Å²) >= 11 is 6.33. The first-order valence-electron chi connectivity index (χ1n) is 7.23. The van der Waals surface area contributed by atoms with Crippen LogP contribution in [0.1, 0.15) is 38.2 Å². The molecule has 0 saturated heterocycles. The number of Topliss-reactive ketones (excluding diaryl/α,β-unsaturated/α-hetero) is 1. The molecule has 0 spiro atoms. The third kappa shape index (κ3) is 2.75. The highest BCUT2D eigenvalue weighted by Crippen LogP contribution is 2.42. The fourth-order valence-corrected chi connectivity index (χ4v) is 3.36. The molecule has 1 aromatic rings. The van der Waals surface area contributed by atoms with Crippen LogP contribution < -0.4 is 0 Å². The van der Waals surface area contributed by atoms with E-state index in [-0.39, 0.29) is 11.7 Å².